The van der Waals surface area contributed by atoms with Crippen LogP contribution in [0.2, 0.25) is 0 Å². The minimum atomic E-state index is -3.40. The fraction of sp³-hybridized carbons (Fsp3) is 0.300. The Morgan fingerprint density at radius 2 is 2.18 bits per heavy atom. The fourth-order valence-electron chi connectivity index (χ4n) is 1.31. The van der Waals surface area contributed by atoms with E-state index in [1.165, 1.54) is 20.5 Å². The van der Waals surface area contributed by atoms with Gasteiger partial charge in [0.15, 0.2) is 12.0 Å². The predicted molar refractivity (Wildman–Crippen MR) is 63.5 cm³/mol. The van der Waals surface area contributed by atoms with Gasteiger partial charge in [-0.3, -0.25) is 0 Å². The molecule has 92 valence electrons. The quantitative estimate of drug-likeness (QED) is 0.873. The highest BCUT2D eigenvalue weighted by Crippen LogP contribution is 2.14. The maximum absolute atomic E-state index is 11.5. The lowest BCUT2D eigenvalue weighted by Crippen LogP contribution is -2.35. The molecule has 0 saturated carbocycles. The van der Waals surface area contributed by atoms with E-state index in [-0.39, 0.29) is 6.54 Å². The van der Waals surface area contributed by atoms with E-state index in [2.05, 4.69) is 9.71 Å². The SMILES string of the molecule is CN(C)S(=O)(=O)NCc1ccc2ncoc2c1. The molecule has 0 aliphatic rings. The molecular weight excluding hydrogens is 242 g/mol. The molecule has 0 aliphatic carbocycles. The maximum atomic E-state index is 11.5. The lowest BCUT2D eigenvalue weighted by molar-refractivity contribution is 0.505. The van der Waals surface area contributed by atoms with Gasteiger partial charge in [-0.15, -0.1) is 0 Å². The highest BCUT2D eigenvalue weighted by Gasteiger charge is 2.12. The molecule has 1 N–H and O–H groups in total. The molecule has 1 aromatic heterocycles. The van der Waals surface area contributed by atoms with Crippen molar-refractivity contribution in [2.45, 2.75) is 6.54 Å². The van der Waals surface area contributed by atoms with Crippen molar-refractivity contribution < 1.29 is 12.8 Å². The topological polar surface area (TPSA) is 75.4 Å². The highest BCUT2D eigenvalue weighted by molar-refractivity contribution is 7.87. The third-order valence-corrected chi connectivity index (χ3v) is 3.81. The Morgan fingerprint density at radius 1 is 1.41 bits per heavy atom. The van der Waals surface area contributed by atoms with Crippen molar-refractivity contribution in [1.82, 2.24) is 14.0 Å². The van der Waals surface area contributed by atoms with Crippen LogP contribution in [0.15, 0.2) is 29.0 Å². The first-order valence-electron chi connectivity index (χ1n) is 4.98. The monoisotopic (exact) mass is 255 g/mol. The molecule has 17 heavy (non-hydrogen) atoms. The summed E-state index contributed by atoms with van der Waals surface area (Å²) in [4.78, 5) is 3.98. The Hall–Kier alpha value is -1.44. The van der Waals surface area contributed by atoms with Gasteiger partial charge in [0, 0.05) is 20.6 Å². The second-order valence-electron chi connectivity index (χ2n) is 3.76. The van der Waals surface area contributed by atoms with Crippen LogP contribution in [0, 0.1) is 0 Å². The predicted octanol–water partition coefficient (Wildman–Crippen LogP) is 0.724. The first kappa shape index (κ1) is 12.0. The van der Waals surface area contributed by atoms with E-state index in [1.54, 1.807) is 12.1 Å². The molecule has 1 aromatic carbocycles. The summed E-state index contributed by atoms with van der Waals surface area (Å²) < 4.78 is 31.7. The molecule has 2 aromatic rings. The van der Waals surface area contributed by atoms with Crippen LogP contribution in [-0.4, -0.2) is 31.8 Å². The number of hydrogen-bond acceptors (Lipinski definition) is 4. The second-order valence-corrected chi connectivity index (χ2v) is 5.73. The van der Waals surface area contributed by atoms with Gasteiger partial charge in [0.05, 0.1) is 0 Å². The molecule has 0 saturated heterocycles. The maximum Gasteiger partial charge on any atom is 0.279 e. The van der Waals surface area contributed by atoms with Gasteiger partial charge < -0.3 is 4.42 Å². The number of hydrogen-bond donors (Lipinski definition) is 1. The van der Waals surface area contributed by atoms with Crippen LogP contribution in [0.1, 0.15) is 5.56 Å². The van der Waals surface area contributed by atoms with E-state index < -0.39 is 10.2 Å². The summed E-state index contributed by atoms with van der Waals surface area (Å²) >= 11 is 0. The van der Waals surface area contributed by atoms with Gasteiger partial charge in [0.25, 0.3) is 10.2 Å². The zero-order chi connectivity index (χ0) is 12.5. The van der Waals surface area contributed by atoms with Crippen molar-refractivity contribution >= 4 is 21.3 Å². The molecule has 0 atom stereocenters. The number of fused-ring (bicyclic) bond motifs is 1. The Bertz CT molecular complexity index is 619. The van der Waals surface area contributed by atoms with Gasteiger partial charge in [0.2, 0.25) is 0 Å². The summed E-state index contributed by atoms with van der Waals surface area (Å²) in [5.41, 5.74) is 2.22. The van der Waals surface area contributed by atoms with E-state index in [0.717, 1.165) is 15.4 Å². The number of nitrogens with zero attached hydrogens (tertiary/aromatic N) is 2. The Kier molecular flexibility index (Phi) is 3.14. The molecule has 0 aliphatic heterocycles. The number of oxazole rings is 1. The van der Waals surface area contributed by atoms with E-state index in [9.17, 15) is 8.42 Å². The lowest BCUT2D eigenvalue weighted by atomic mass is 10.2. The van der Waals surface area contributed by atoms with Crippen LogP contribution in [-0.2, 0) is 16.8 Å². The van der Waals surface area contributed by atoms with Gasteiger partial charge in [0.1, 0.15) is 5.52 Å². The largest absolute Gasteiger partial charge is 0.443 e. The van der Waals surface area contributed by atoms with Gasteiger partial charge in [-0.1, -0.05) is 6.07 Å². The summed E-state index contributed by atoms with van der Waals surface area (Å²) in [6, 6.07) is 5.36. The Labute approximate surface area is 99.4 Å². The van der Waals surface area contributed by atoms with Crippen molar-refractivity contribution in [3.8, 4) is 0 Å². The third kappa shape index (κ3) is 2.63. The summed E-state index contributed by atoms with van der Waals surface area (Å²) in [6.45, 7) is 0.219. The average molecular weight is 255 g/mol. The second kappa shape index (κ2) is 4.44. The van der Waals surface area contributed by atoms with Crippen molar-refractivity contribution in [1.29, 1.82) is 0 Å². The minimum absolute atomic E-state index is 0.219. The Balaban J connectivity index is 2.14. The number of aromatic nitrogens is 1. The molecule has 0 fully saturated rings. The first-order chi connectivity index (χ1) is 7.99. The molecule has 0 bridgehead atoms. The van der Waals surface area contributed by atoms with Crippen LogP contribution in [0.25, 0.3) is 11.1 Å². The highest BCUT2D eigenvalue weighted by atomic mass is 32.2. The Morgan fingerprint density at radius 3 is 2.88 bits per heavy atom. The molecule has 7 heteroatoms. The van der Waals surface area contributed by atoms with Crippen molar-refractivity contribution in [3.05, 3.63) is 30.2 Å². The summed E-state index contributed by atoms with van der Waals surface area (Å²) in [7, 11) is -0.451. The van der Waals surface area contributed by atoms with Crippen molar-refractivity contribution in [3.63, 3.8) is 0 Å². The van der Waals surface area contributed by atoms with Crippen LogP contribution in [0.3, 0.4) is 0 Å². The van der Waals surface area contributed by atoms with E-state index in [4.69, 9.17) is 4.42 Å². The first-order valence-corrected chi connectivity index (χ1v) is 6.42. The average Bonchev–Trinajstić information content (AvgIpc) is 2.73. The molecule has 2 rings (SSSR count). The zero-order valence-electron chi connectivity index (χ0n) is 9.54. The zero-order valence-corrected chi connectivity index (χ0v) is 10.4. The number of rotatable bonds is 4. The smallest absolute Gasteiger partial charge is 0.279 e. The van der Waals surface area contributed by atoms with Gasteiger partial charge in [-0.2, -0.15) is 17.4 Å². The van der Waals surface area contributed by atoms with Gasteiger partial charge in [-0.25, -0.2) is 4.98 Å². The molecule has 1 heterocycles. The third-order valence-electron chi connectivity index (χ3n) is 2.34. The summed E-state index contributed by atoms with van der Waals surface area (Å²) in [6.07, 6.45) is 1.36. The molecule has 6 nitrogen and oxygen atoms in total. The standard InChI is InChI=1S/C10H13N3O3S/c1-13(2)17(14,15)12-6-8-3-4-9-10(5-8)16-7-11-9/h3-5,7,12H,6H2,1-2H3. The molecule has 0 radical (unpaired) electrons. The fourth-order valence-corrected chi connectivity index (χ4v) is 1.92. The van der Waals surface area contributed by atoms with Crippen LogP contribution in [0.5, 0.6) is 0 Å². The van der Waals surface area contributed by atoms with Crippen LogP contribution in [0.4, 0.5) is 0 Å². The van der Waals surface area contributed by atoms with E-state index in [1.807, 2.05) is 6.07 Å². The molecule has 0 amide bonds. The van der Waals surface area contributed by atoms with E-state index >= 15 is 0 Å². The number of benzene rings is 1. The lowest BCUT2D eigenvalue weighted by Gasteiger charge is -2.12. The van der Waals surface area contributed by atoms with Gasteiger partial charge in [-0.05, 0) is 17.7 Å². The summed E-state index contributed by atoms with van der Waals surface area (Å²) in [5, 5.41) is 0. The normalized spacial score (nSPS) is 12.4. The van der Waals surface area contributed by atoms with Gasteiger partial charge >= 0.3 is 0 Å². The minimum Gasteiger partial charge on any atom is -0.443 e. The molecule has 0 spiro atoms. The number of nitrogens with one attached hydrogen (secondary N) is 1. The van der Waals surface area contributed by atoms with Crippen LogP contribution < -0.4 is 4.72 Å². The molecular formula is C10H13N3O3S. The van der Waals surface area contributed by atoms with Crippen molar-refractivity contribution in [2.75, 3.05) is 14.1 Å². The summed E-state index contributed by atoms with van der Waals surface area (Å²) in [5.74, 6) is 0. The van der Waals surface area contributed by atoms with Crippen molar-refractivity contribution in [2.24, 2.45) is 0 Å². The van der Waals surface area contributed by atoms with E-state index in [0.29, 0.717) is 5.58 Å². The van der Waals surface area contributed by atoms with Crippen LogP contribution >= 0.6 is 0 Å². The molecule has 0 unspecified atom stereocenters.